The smallest absolute Gasteiger partial charge is 0.234 e. The first-order valence-electron chi connectivity index (χ1n) is 21.7. The minimum absolute atomic E-state index is 0.0141. The van der Waals surface area contributed by atoms with E-state index in [9.17, 15) is 39.6 Å². The fraction of sp³-hybridized carbons (Fsp3) is 0.644. The highest BCUT2D eigenvalue weighted by Crippen LogP contribution is 2.53. The molecule has 59 heavy (non-hydrogen) atoms. The summed E-state index contributed by atoms with van der Waals surface area (Å²) in [5.41, 5.74) is 8.05. The molecular weight excluding hydrogens is 759 g/mol. The average molecular weight is 824 g/mol. The third-order valence-electron chi connectivity index (χ3n) is 12.3. The lowest BCUT2D eigenvalue weighted by Crippen LogP contribution is -2.60. The van der Waals surface area contributed by atoms with Crippen LogP contribution in [0.2, 0.25) is 0 Å². The molecule has 1 amide bonds. The molecule has 0 aromatic heterocycles. The number of phenolic OH excluding ortho intramolecular Hbond substituents is 2. The molecular formula is C45H65N3O11. The number of nitrogens with two attached hydrogens (primary N) is 1. The molecule has 8 N–H and O–H groups in total. The Morgan fingerprint density at radius 3 is 2.10 bits per heavy atom. The van der Waals surface area contributed by atoms with E-state index in [0.29, 0.717) is 12.7 Å². The summed E-state index contributed by atoms with van der Waals surface area (Å²) in [6.07, 6.45) is 13.6. The number of benzene rings is 2. The van der Waals surface area contributed by atoms with E-state index < -0.39 is 82.9 Å². The van der Waals surface area contributed by atoms with Gasteiger partial charge in [0, 0.05) is 48.4 Å². The van der Waals surface area contributed by atoms with E-state index in [-0.39, 0.29) is 53.2 Å². The third kappa shape index (κ3) is 10.9. The molecule has 14 heteroatoms. The number of nitrogens with one attached hydrogen (secondary N) is 2. The molecule has 2 aromatic rings. The lowest BCUT2D eigenvalue weighted by Gasteiger charge is -2.44. The summed E-state index contributed by atoms with van der Waals surface area (Å²) >= 11 is 0. The Bertz CT molecular complexity index is 1770. The quantitative estimate of drug-likeness (QED) is 0.0257. The second-order valence-corrected chi connectivity index (χ2v) is 16.7. The highest BCUT2D eigenvalue weighted by atomic mass is 16.7. The van der Waals surface area contributed by atoms with Gasteiger partial charge in [0.05, 0.1) is 47.7 Å². The highest BCUT2D eigenvalue weighted by Gasteiger charge is 2.50. The Labute approximate surface area is 347 Å². The summed E-state index contributed by atoms with van der Waals surface area (Å²) in [4.78, 5) is 53.4. The summed E-state index contributed by atoms with van der Waals surface area (Å²) in [7, 11) is 1.34. The number of fused-ring (bicyclic) bond motifs is 3. The summed E-state index contributed by atoms with van der Waals surface area (Å²) in [6.45, 7) is 3.85. The van der Waals surface area contributed by atoms with E-state index in [1.807, 2.05) is 0 Å². The standard InChI is InChI=1S/C45H65N3O11/c1-4-5-6-7-8-9-10-11-12-13-14-15-16-17-18-22-34(50)48-47-33(26-49)45(56)24-29-37(32(25-45)59-35-23-30(46)40(51)27(2)58-35)44(55)39-38(42(29)53)41(52)28-20-19-21-31(57-3)36(28)43(39)54/h19-21,26-27,30,32-33,35,40,47,51,53,55-56H,4-18,22-25,46H2,1-3H3,(H,48,50)/t27?,30-,32+,33?,35+,40-,45-/m1/s1. The lowest BCUT2D eigenvalue weighted by molar-refractivity contribution is -0.248. The molecule has 1 fully saturated rings. The topological polar surface area (TPSA) is 227 Å². The second kappa shape index (κ2) is 21.6. The Balaban J connectivity index is 1.23. The number of methoxy groups -OCH3 is 1. The van der Waals surface area contributed by atoms with Gasteiger partial charge in [-0.25, -0.2) is 5.43 Å². The normalized spacial score (nSPS) is 24.2. The zero-order valence-corrected chi connectivity index (χ0v) is 34.9. The molecule has 2 unspecified atom stereocenters. The van der Waals surface area contributed by atoms with Crippen molar-refractivity contribution < 1.29 is 53.8 Å². The van der Waals surface area contributed by atoms with Gasteiger partial charge in [-0.2, -0.15) is 0 Å². The fourth-order valence-corrected chi connectivity index (χ4v) is 8.83. The van der Waals surface area contributed by atoms with Gasteiger partial charge in [-0.15, -0.1) is 0 Å². The molecule has 5 rings (SSSR count). The maximum absolute atomic E-state index is 14.0. The molecule has 1 saturated heterocycles. The Morgan fingerprint density at radius 2 is 1.53 bits per heavy atom. The Morgan fingerprint density at radius 1 is 0.932 bits per heavy atom. The number of unbranched alkanes of at least 4 members (excludes halogenated alkanes) is 14. The van der Waals surface area contributed by atoms with E-state index in [1.165, 1.54) is 95.9 Å². The van der Waals surface area contributed by atoms with Gasteiger partial charge in [0.25, 0.3) is 0 Å². The maximum atomic E-state index is 14.0. The number of aldehydes is 1. The molecule has 14 nitrogen and oxygen atoms in total. The molecule has 3 aliphatic rings. The first kappa shape index (κ1) is 46.2. The lowest BCUT2D eigenvalue weighted by atomic mass is 9.71. The Kier molecular flexibility index (Phi) is 16.9. The highest BCUT2D eigenvalue weighted by molar-refractivity contribution is 6.31. The van der Waals surface area contributed by atoms with Crippen molar-refractivity contribution in [1.29, 1.82) is 0 Å². The van der Waals surface area contributed by atoms with Gasteiger partial charge in [0.2, 0.25) is 11.7 Å². The van der Waals surface area contributed by atoms with E-state index in [2.05, 4.69) is 17.8 Å². The molecule has 0 radical (unpaired) electrons. The van der Waals surface area contributed by atoms with Crippen LogP contribution in [0.3, 0.4) is 0 Å². The van der Waals surface area contributed by atoms with Crippen molar-refractivity contribution in [3.63, 3.8) is 0 Å². The molecule has 0 spiro atoms. The number of ketones is 2. The van der Waals surface area contributed by atoms with Crippen molar-refractivity contribution in [2.75, 3.05) is 7.11 Å². The summed E-state index contributed by atoms with van der Waals surface area (Å²) in [5.74, 6) is -3.10. The summed E-state index contributed by atoms with van der Waals surface area (Å²) in [6, 6.07) is 2.24. The van der Waals surface area contributed by atoms with Crippen LogP contribution >= 0.6 is 0 Å². The SMILES string of the molecule is CCCCCCCCCCCCCCCCCC(=O)NNC(C=O)[C@@]1(O)Cc2c(O)c3c(c(O)c2[C@@H](O[C@H]2C[C@@H](N)[C@H](O)C(C)O2)C1)C(=O)c1c(OC)cccc1C3=O. The minimum Gasteiger partial charge on any atom is -0.507 e. The molecule has 1 heterocycles. The monoisotopic (exact) mass is 823 g/mol. The van der Waals surface area contributed by atoms with E-state index >= 15 is 0 Å². The molecule has 326 valence electrons. The fourth-order valence-electron chi connectivity index (χ4n) is 8.83. The summed E-state index contributed by atoms with van der Waals surface area (Å²) in [5, 5.41) is 46.3. The number of aliphatic hydroxyl groups excluding tert-OH is 1. The predicted molar refractivity (Wildman–Crippen MR) is 220 cm³/mol. The van der Waals surface area contributed by atoms with Crippen LogP contribution < -0.4 is 21.3 Å². The number of phenols is 2. The molecule has 0 saturated carbocycles. The van der Waals surface area contributed by atoms with Crippen LogP contribution in [0.15, 0.2) is 18.2 Å². The molecule has 1 aliphatic heterocycles. The number of hydrogen-bond acceptors (Lipinski definition) is 13. The van der Waals surface area contributed by atoms with E-state index in [4.69, 9.17) is 19.9 Å². The maximum Gasteiger partial charge on any atom is 0.234 e. The van der Waals surface area contributed by atoms with Crippen LogP contribution in [-0.2, 0) is 25.5 Å². The van der Waals surface area contributed by atoms with Gasteiger partial charge in [0.1, 0.15) is 29.6 Å². The number of carbonyl (C=O) groups is 4. The van der Waals surface area contributed by atoms with Gasteiger partial charge in [-0.05, 0) is 19.4 Å². The number of aliphatic hydroxyl groups is 2. The van der Waals surface area contributed by atoms with Crippen molar-refractivity contribution >= 4 is 23.8 Å². The zero-order valence-electron chi connectivity index (χ0n) is 34.9. The minimum atomic E-state index is -2.07. The van der Waals surface area contributed by atoms with Crippen LogP contribution in [0.1, 0.15) is 178 Å². The van der Waals surface area contributed by atoms with Crippen molar-refractivity contribution in [1.82, 2.24) is 10.9 Å². The Hall–Kier alpha value is -3.92. The molecule has 7 atom stereocenters. The van der Waals surface area contributed by atoms with Crippen molar-refractivity contribution in [3.8, 4) is 17.2 Å². The summed E-state index contributed by atoms with van der Waals surface area (Å²) < 4.78 is 17.5. The molecule has 2 aliphatic carbocycles. The third-order valence-corrected chi connectivity index (χ3v) is 12.3. The molecule has 0 bridgehead atoms. The van der Waals surface area contributed by atoms with Gasteiger partial charge in [-0.3, -0.25) is 19.8 Å². The largest absolute Gasteiger partial charge is 0.507 e. The van der Waals surface area contributed by atoms with Crippen LogP contribution in [0.25, 0.3) is 0 Å². The van der Waals surface area contributed by atoms with Crippen molar-refractivity contribution in [2.24, 2.45) is 5.73 Å². The predicted octanol–water partition coefficient (Wildman–Crippen LogP) is 5.89. The number of aromatic hydroxyl groups is 2. The van der Waals surface area contributed by atoms with Gasteiger partial charge >= 0.3 is 0 Å². The number of carbonyl (C=O) groups excluding carboxylic acids is 4. The van der Waals surface area contributed by atoms with Gasteiger partial charge in [-0.1, -0.05) is 109 Å². The first-order valence-corrected chi connectivity index (χ1v) is 21.7. The van der Waals surface area contributed by atoms with E-state index in [1.54, 1.807) is 6.92 Å². The van der Waals surface area contributed by atoms with Crippen LogP contribution in [0.4, 0.5) is 0 Å². The molecule has 2 aromatic carbocycles. The van der Waals surface area contributed by atoms with E-state index in [0.717, 1.165) is 19.3 Å². The van der Waals surface area contributed by atoms with Gasteiger partial charge < -0.3 is 45.2 Å². The first-order chi connectivity index (χ1) is 28.4. The van der Waals surface area contributed by atoms with Crippen LogP contribution in [0, 0.1) is 0 Å². The number of hydrazine groups is 1. The number of amides is 1. The number of ether oxygens (including phenoxy) is 3. The second-order valence-electron chi connectivity index (χ2n) is 16.7. The van der Waals surface area contributed by atoms with Crippen LogP contribution in [-0.4, -0.2) is 87.5 Å². The number of hydrogen-bond donors (Lipinski definition) is 7. The van der Waals surface area contributed by atoms with Crippen molar-refractivity contribution in [2.45, 2.75) is 178 Å². The van der Waals surface area contributed by atoms with Crippen LogP contribution in [0.5, 0.6) is 17.2 Å². The zero-order chi connectivity index (χ0) is 42.7. The number of rotatable bonds is 23. The average Bonchev–Trinajstić information content (AvgIpc) is 3.21. The van der Waals surface area contributed by atoms with Crippen molar-refractivity contribution in [3.05, 3.63) is 51.6 Å². The van der Waals surface area contributed by atoms with Gasteiger partial charge in [0.15, 0.2) is 12.1 Å².